The Morgan fingerprint density at radius 2 is 2.08 bits per heavy atom. The molecule has 4 heterocycles. The molecule has 7 nitrogen and oxygen atoms in total. The number of nitrogens with zero attached hydrogens (tertiary/aromatic N) is 5. The van der Waals surface area contributed by atoms with Crippen LogP contribution in [0.25, 0.3) is 0 Å². The van der Waals surface area contributed by atoms with Gasteiger partial charge in [0.2, 0.25) is 5.91 Å². The fraction of sp³-hybridized carbons (Fsp3) is 0.611. The van der Waals surface area contributed by atoms with Crippen molar-refractivity contribution < 1.29 is 9.53 Å². The SMILES string of the molecule is Cc1ccc(CN2CCn3nnc(CCC(=O)N4CCOCC4)c3C2)s1. The second-order valence-corrected chi connectivity index (χ2v) is 8.29. The maximum absolute atomic E-state index is 12.4. The molecule has 4 rings (SSSR count). The maximum atomic E-state index is 12.4. The van der Waals surface area contributed by atoms with E-state index < -0.39 is 0 Å². The summed E-state index contributed by atoms with van der Waals surface area (Å²) in [6.45, 7) is 8.50. The van der Waals surface area contributed by atoms with Crippen molar-refractivity contribution in [3.05, 3.63) is 33.3 Å². The summed E-state index contributed by atoms with van der Waals surface area (Å²) in [5.74, 6) is 0.191. The van der Waals surface area contributed by atoms with Gasteiger partial charge in [-0.3, -0.25) is 9.69 Å². The number of ether oxygens (including phenoxy) is 1. The zero-order chi connectivity index (χ0) is 17.9. The number of aryl methyl sites for hydroxylation is 2. The number of aromatic nitrogens is 3. The minimum atomic E-state index is 0.191. The van der Waals surface area contributed by atoms with Gasteiger partial charge in [-0.15, -0.1) is 16.4 Å². The molecule has 0 bridgehead atoms. The Morgan fingerprint density at radius 3 is 2.85 bits per heavy atom. The molecule has 2 aromatic heterocycles. The third kappa shape index (κ3) is 3.97. The fourth-order valence-electron chi connectivity index (χ4n) is 3.56. The normalized spacial score (nSPS) is 18.1. The molecule has 0 radical (unpaired) electrons. The van der Waals surface area contributed by atoms with Gasteiger partial charge in [-0.2, -0.15) is 0 Å². The number of carbonyl (C=O) groups is 1. The quantitative estimate of drug-likeness (QED) is 0.792. The molecule has 0 unspecified atom stereocenters. The van der Waals surface area contributed by atoms with Crippen LogP contribution >= 0.6 is 11.3 Å². The Balaban J connectivity index is 1.36. The van der Waals surface area contributed by atoms with Gasteiger partial charge in [0, 0.05) is 55.3 Å². The number of amides is 1. The molecule has 0 spiro atoms. The number of carbonyl (C=O) groups excluding carboxylic acids is 1. The lowest BCUT2D eigenvalue weighted by Crippen LogP contribution is -2.40. The van der Waals surface area contributed by atoms with E-state index in [1.165, 1.54) is 15.4 Å². The van der Waals surface area contributed by atoms with Crippen LogP contribution in [-0.4, -0.2) is 63.5 Å². The third-order valence-corrected chi connectivity index (χ3v) is 6.02. The van der Waals surface area contributed by atoms with Gasteiger partial charge in [0.05, 0.1) is 31.1 Å². The summed E-state index contributed by atoms with van der Waals surface area (Å²) < 4.78 is 7.32. The first-order valence-electron chi connectivity index (χ1n) is 9.23. The van der Waals surface area contributed by atoms with Gasteiger partial charge in [0.1, 0.15) is 0 Å². The van der Waals surface area contributed by atoms with Crippen molar-refractivity contribution in [3.8, 4) is 0 Å². The molecule has 0 aromatic carbocycles. The van der Waals surface area contributed by atoms with Gasteiger partial charge in [-0.1, -0.05) is 5.21 Å². The van der Waals surface area contributed by atoms with Crippen molar-refractivity contribution in [1.29, 1.82) is 0 Å². The highest BCUT2D eigenvalue weighted by molar-refractivity contribution is 7.11. The predicted octanol–water partition coefficient (Wildman–Crippen LogP) is 1.46. The van der Waals surface area contributed by atoms with E-state index in [1.807, 2.05) is 20.9 Å². The molecule has 26 heavy (non-hydrogen) atoms. The molecule has 2 aliphatic heterocycles. The van der Waals surface area contributed by atoms with Crippen LogP contribution in [0.5, 0.6) is 0 Å². The summed E-state index contributed by atoms with van der Waals surface area (Å²) in [6, 6.07) is 4.39. The van der Waals surface area contributed by atoms with E-state index in [1.54, 1.807) is 0 Å². The number of rotatable bonds is 5. The summed E-state index contributed by atoms with van der Waals surface area (Å²) >= 11 is 1.86. The van der Waals surface area contributed by atoms with Crippen LogP contribution in [-0.2, 0) is 35.6 Å². The lowest BCUT2D eigenvalue weighted by atomic mass is 10.1. The van der Waals surface area contributed by atoms with Gasteiger partial charge in [-0.25, -0.2) is 4.68 Å². The number of fused-ring (bicyclic) bond motifs is 1. The Labute approximate surface area is 157 Å². The first kappa shape index (κ1) is 17.6. The van der Waals surface area contributed by atoms with Crippen molar-refractivity contribution in [2.45, 2.75) is 39.4 Å². The van der Waals surface area contributed by atoms with Gasteiger partial charge < -0.3 is 9.64 Å². The number of thiophene rings is 1. The Morgan fingerprint density at radius 1 is 1.23 bits per heavy atom. The van der Waals surface area contributed by atoms with Crippen LogP contribution < -0.4 is 0 Å². The predicted molar refractivity (Wildman–Crippen MR) is 98.9 cm³/mol. The summed E-state index contributed by atoms with van der Waals surface area (Å²) in [5.41, 5.74) is 2.14. The number of hydrogen-bond donors (Lipinski definition) is 0. The Bertz CT molecular complexity index is 765. The van der Waals surface area contributed by atoms with Gasteiger partial charge in [0.25, 0.3) is 0 Å². The molecule has 0 N–H and O–H groups in total. The molecule has 1 fully saturated rings. The lowest BCUT2D eigenvalue weighted by Gasteiger charge is -2.28. The summed E-state index contributed by atoms with van der Waals surface area (Å²) in [4.78, 5) is 19.5. The van der Waals surface area contributed by atoms with E-state index in [9.17, 15) is 4.79 Å². The standard InChI is InChI=1S/C18H25N5O2S/c1-14-2-3-15(26-14)12-21-6-7-23-17(13-21)16(19-20-23)4-5-18(24)22-8-10-25-11-9-22/h2-3H,4-13H2,1H3. The largest absolute Gasteiger partial charge is 0.378 e. The second-order valence-electron chi connectivity index (χ2n) is 6.92. The molecule has 1 saturated heterocycles. The molecular weight excluding hydrogens is 350 g/mol. The van der Waals surface area contributed by atoms with Crippen LogP contribution in [0.2, 0.25) is 0 Å². The average Bonchev–Trinajstić information content (AvgIpc) is 3.26. The van der Waals surface area contributed by atoms with E-state index in [-0.39, 0.29) is 5.91 Å². The second kappa shape index (κ2) is 7.85. The molecule has 8 heteroatoms. The highest BCUT2D eigenvalue weighted by atomic mass is 32.1. The highest BCUT2D eigenvalue weighted by Gasteiger charge is 2.23. The van der Waals surface area contributed by atoms with Crippen molar-refractivity contribution in [1.82, 2.24) is 24.8 Å². The maximum Gasteiger partial charge on any atom is 0.223 e. The first-order valence-corrected chi connectivity index (χ1v) is 10.0. The minimum absolute atomic E-state index is 0.191. The average molecular weight is 375 g/mol. The Kier molecular flexibility index (Phi) is 5.33. The van der Waals surface area contributed by atoms with Crippen molar-refractivity contribution in [3.63, 3.8) is 0 Å². The smallest absolute Gasteiger partial charge is 0.223 e. The molecule has 0 atom stereocenters. The zero-order valence-electron chi connectivity index (χ0n) is 15.2. The van der Waals surface area contributed by atoms with Gasteiger partial charge in [-0.05, 0) is 19.1 Å². The molecule has 0 aliphatic carbocycles. The van der Waals surface area contributed by atoms with E-state index in [0.717, 1.165) is 31.9 Å². The Hall–Kier alpha value is -1.77. The highest BCUT2D eigenvalue weighted by Crippen LogP contribution is 2.22. The van der Waals surface area contributed by atoms with E-state index >= 15 is 0 Å². The van der Waals surface area contributed by atoms with Crippen molar-refractivity contribution >= 4 is 17.2 Å². The van der Waals surface area contributed by atoms with E-state index in [0.29, 0.717) is 39.1 Å². The van der Waals surface area contributed by atoms with Gasteiger partial charge in [0.15, 0.2) is 0 Å². The van der Waals surface area contributed by atoms with Crippen molar-refractivity contribution in [2.24, 2.45) is 0 Å². The third-order valence-electron chi connectivity index (χ3n) is 5.03. The fourth-order valence-corrected chi connectivity index (χ4v) is 4.50. The molecular formula is C18H25N5O2S. The van der Waals surface area contributed by atoms with Crippen molar-refractivity contribution in [2.75, 3.05) is 32.8 Å². The number of hydrogen-bond acceptors (Lipinski definition) is 6. The van der Waals surface area contributed by atoms with Crippen LogP contribution in [0.3, 0.4) is 0 Å². The molecule has 2 aromatic rings. The van der Waals surface area contributed by atoms with E-state index in [4.69, 9.17) is 4.74 Å². The molecule has 0 saturated carbocycles. The molecule has 1 amide bonds. The van der Waals surface area contributed by atoms with E-state index in [2.05, 4.69) is 34.3 Å². The minimum Gasteiger partial charge on any atom is -0.378 e. The van der Waals surface area contributed by atoms with Crippen LogP contribution in [0.4, 0.5) is 0 Å². The van der Waals surface area contributed by atoms with Crippen LogP contribution in [0.1, 0.15) is 27.6 Å². The summed E-state index contributed by atoms with van der Waals surface area (Å²) in [6.07, 6.45) is 1.16. The number of morpholine rings is 1. The molecule has 140 valence electrons. The first-order chi connectivity index (χ1) is 12.7. The van der Waals surface area contributed by atoms with Gasteiger partial charge >= 0.3 is 0 Å². The van der Waals surface area contributed by atoms with Crippen LogP contribution in [0, 0.1) is 6.92 Å². The topological polar surface area (TPSA) is 63.5 Å². The molecule has 2 aliphatic rings. The summed E-state index contributed by atoms with van der Waals surface area (Å²) in [5, 5.41) is 8.64. The summed E-state index contributed by atoms with van der Waals surface area (Å²) in [7, 11) is 0. The monoisotopic (exact) mass is 375 g/mol. The van der Waals surface area contributed by atoms with Crippen LogP contribution in [0.15, 0.2) is 12.1 Å². The lowest BCUT2D eigenvalue weighted by molar-refractivity contribution is -0.135. The zero-order valence-corrected chi connectivity index (χ0v) is 16.0.